The van der Waals surface area contributed by atoms with E-state index in [2.05, 4.69) is 128 Å². The minimum atomic E-state index is 0.160. The van der Waals surface area contributed by atoms with Crippen LogP contribution in [0.25, 0.3) is 11.1 Å². The molecule has 3 aromatic rings. The van der Waals surface area contributed by atoms with Crippen molar-refractivity contribution in [2.24, 2.45) is 5.41 Å². The Balaban J connectivity index is 0.000000187. The predicted molar refractivity (Wildman–Crippen MR) is 157 cm³/mol. The second kappa shape index (κ2) is 13.7. The molecular formula is C35H50. The smallest absolute Gasteiger partial charge is 0.0158 e. The van der Waals surface area contributed by atoms with E-state index < -0.39 is 0 Å². The summed E-state index contributed by atoms with van der Waals surface area (Å²) in [7, 11) is 0. The average molecular weight is 471 g/mol. The Kier molecular flexibility index (Phi) is 11.3. The highest BCUT2D eigenvalue weighted by atomic mass is 14.4. The summed E-state index contributed by atoms with van der Waals surface area (Å²) < 4.78 is 0. The fourth-order valence-corrected chi connectivity index (χ4v) is 5.02. The summed E-state index contributed by atoms with van der Waals surface area (Å²) in [6.45, 7) is 18.0. The van der Waals surface area contributed by atoms with Crippen LogP contribution in [-0.2, 0) is 5.41 Å². The number of hydrogen-bond acceptors (Lipinski definition) is 0. The van der Waals surface area contributed by atoms with E-state index in [1.165, 1.54) is 66.3 Å². The fraction of sp³-hybridized carbons (Fsp3) is 0.486. The monoisotopic (exact) mass is 470 g/mol. The quantitative estimate of drug-likeness (QED) is 0.332. The first-order valence-corrected chi connectivity index (χ1v) is 13.9. The molecule has 1 saturated carbocycles. The lowest BCUT2D eigenvalue weighted by Gasteiger charge is -2.28. The van der Waals surface area contributed by atoms with Gasteiger partial charge in [0.2, 0.25) is 0 Å². The van der Waals surface area contributed by atoms with Crippen molar-refractivity contribution in [1.82, 2.24) is 0 Å². The van der Waals surface area contributed by atoms with Crippen LogP contribution >= 0.6 is 0 Å². The Labute approximate surface area is 217 Å². The third-order valence-corrected chi connectivity index (χ3v) is 7.16. The van der Waals surface area contributed by atoms with Crippen LogP contribution in [0.4, 0.5) is 0 Å². The van der Waals surface area contributed by atoms with Gasteiger partial charge in [0, 0.05) is 5.41 Å². The lowest BCUT2D eigenvalue weighted by Crippen LogP contribution is -2.14. The van der Waals surface area contributed by atoms with E-state index in [1.807, 2.05) is 6.07 Å². The van der Waals surface area contributed by atoms with E-state index in [0.29, 0.717) is 11.3 Å². The highest BCUT2D eigenvalue weighted by molar-refractivity contribution is 5.80. The molecule has 0 nitrogen and oxygen atoms in total. The standard InChI is InChI=1S/C15H14.C9H12.C8H16.C3H8/c1-15(2)13-9-5-3-7-11(13)12-8-4-6-10-14(12)15;1-8(2)9-6-4-3-5-7-9;1-8(2)6-4-3-5-7-8;1-3-2/h3-10H,1-2H3;3-8H,1-2H3;3-7H2,1-2H3;3H2,1-2H3. The Morgan fingerprint density at radius 1 is 0.600 bits per heavy atom. The molecule has 0 aliphatic heterocycles. The summed E-state index contributed by atoms with van der Waals surface area (Å²) >= 11 is 0. The van der Waals surface area contributed by atoms with Gasteiger partial charge in [0.15, 0.2) is 0 Å². The molecule has 35 heavy (non-hydrogen) atoms. The van der Waals surface area contributed by atoms with E-state index in [4.69, 9.17) is 0 Å². The third-order valence-electron chi connectivity index (χ3n) is 7.16. The van der Waals surface area contributed by atoms with Crippen LogP contribution in [0.5, 0.6) is 0 Å². The van der Waals surface area contributed by atoms with Gasteiger partial charge < -0.3 is 0 Å². The van der Waals surface area contributed by atoms with Gasteiger partial charge in [-0.3, -0.25) is 0 Å². The lowest BCUT2D eigenvalue weighted by molar-refractivity contribution is 0.244. The van der Waals surface area contributed by atoms with Crippen molar-refractivity contribution < 1.29 is 0 Å². The highest BCUT2D eigenvalue weighted by Crippen LogP contribution is 2.48. The average Bonchev–Trinajstić information content (AvgIpc) is 3.08. The largest absolute Gasteiger partial charge is 0.0656 e. The Morgan fingerprint density at radius 3 is 1.34 bits per heavy atom. The molecule has 0 radical (unpaired) electrons. The van der Waals surface area contributed by atoms with Crippen LogP contribution in [0, 0.1) is 5.41 Å². The second-order valence-electron chi connectivity index (χ2n) is 11.7. The predicted octanol–water partition coefficient (Wildman–Crippen LogP) is 11.2. The highest BCUT2D eigenvalue weighted by Gasteiger charge is 2.34. The molecule has 5 rings (SSSR count). The van der Waals surface area contributed by atoms with Gasteiger partial charge in [0.05, 0.1) is 0 Å². The van der Waals surface area contributed by atoms with E-state index in [0.717, 1.165) is 0 Å². The van der Waals surface area contributed by atoms with Crippen LogP contribution < -0.4 is 0 Å². The molecule has 2 aliphatic rings. The van der Waals surface area contributed by atoms with Crippen molar-refractivity contribution in [2.45, 2.75) is 105 Å². The van der Waals surface area contributed by atoms with Gasteiger partial charge in [0.25, 0.3) is 0 Å². The second-order valence-corrected chi connectivity index (χ2v) is 11.7. The lowest BCUT2D eigenvalue weighted by atomic mass is 9.78. The van der Waals surface area contributed by atoms with Gasteiger partial charge >= 0.3 is 0 Å². The van der Waals surface area contributed by atoms with Gasteiger partial charge in [-0.05, 0) is 52.0 Å². The molecule has 190 valence electrons. The zero-order valence-corrected chi connectivity index (χ0v) is 23.8. The summed E-state index contributed by atoms with van der Waals surface area (Å²) in [5.41, 5.74) is 7.96. The number of rotatable bonds is 1. The first-order valence-electron chi connectivity index (χ1n) is 13.9. The molecule has 2 aliphatic carbocycles. The minimum absolute atomic E-state index is 0.160. The molecule has 1 fully saturated rings. The zero-order chi connectivity index (χ0) is 25.9. The summed E-state index contributed by atoms with van der Waals surface area (Å²) in [6.07, 6.45) is 8.56. The fourth-order valence-electron chi connectivity index (χ4n) is 5.02. The summed E-state index contributed by atoms with van der Waals surface area (Å²) in [5.74, 6) is 0.659. The van der Waals surface area contributed by atoms with Crippen molar-refractivity contribution in [1.29, 1.82) is 0 Å². The van der Waals surface area contributed by atoms with Gasteiger partial charge in [-0.25, -0.2) is 0 Å². The van der Waals surface area contributed by atoms with Crippen LogP contribution in [-0.4, -0.2) is 0 Å². The topological polar surface area (TPSA) is 0 Å². The first kappa shape index (κ1) is 28.9. The molecule has 0 amide bonds. The molecule has 0 unspecified atom stereocenters. The van der Waals surface area contributed by atoms with E-state index in [9.17, 15) is 0 Å². The third kappa shape index (κ3) is 8.38. The molecule has 0 saturated heterocycles. The molecule has 0 aromatic heterocycles. The van der Waals surface area contributed by atoms with Crippen molar-refractivity contribution >= 4 is 0 Å². The maximum absolute atomic E-state index is 2.38. The Bertz CT molecular complexity index is 936. The molecule has 0 spiro atoms. The molecule has 3 aromatic carbocycles. The van der Waals surface area contributed by atoms with Gasteiger partial charge in [-0.2, -0.15) is 0 Å². The minimum Gasteiger partial charge on any atom is -0.0656 e. The normalized spacial score (nSPS) is 16.3. The van der Waals surface area contributed by atoms with E-state index in [-0.39, 0.29) is 5.41 Å². The summed E-state index contributed by atoms with van der Waals surface area (Å²) in [4.78, 5) is 0. The van der Waals surface area contributed by atoms with Crippen LogP contribution in [0.15, 0.2) is 78.9 Å². The summed E-state index contributed by atoms with van der Waals surface area (Å²) in [5, 5.41) is 0. The van der Waals surface area contributed by atoms with Crippen molar-refractivity contribution in [2.75, 3.05) is 0 Å². The maximum Gasteiger partial charge on any atom is 0.0158 e. The van der Waals surface area contributed by atoms with Crippen molar-refractivity contribution in [3.05, 3.63) is 95.6 Å². The number of fused-ring (bicyclic) bond motifs is 3. The molecule has 0 heterocycles. The Hall–Kier alpha value is -2.34. The molecule has 0 atom stereocenters. The maximum atomic E-state index is 2.38. The number of benzene rings is 3. The van der Waals surface area contributed by atoms with Gasteiger partial charge in [-0.1, -0.05) is 160 Å². The summed E-state index contributed by atoms with van der Waals surface area (Å²) in [6, 6.07) is 28.0. The van der Waals surface area contributed by atoms with Gasteiger partial charge in [-0.15, -0.1) is 0 Å². The van der Waals surface area contributed by atoms with Crippen LogP contribution in [0.3, 0.4) is 0 Å². The van der Waals surface area contributed by atoms with Crippen molar-refractivity contribution in [3.63, 3.8) is 0 Å². The van der Waals surface area contributed by atoms with E-state index >= 15 is 0 Å². The Morgan fingerprint density at radius 2 is 1.00 bits per heavy atom. The number of hydrogen-bond donors (Lipinski definition) is 0. The molecule has 0 bridgehead atoms. The van der Waals surface area contributed by atoms with Crippen LogP contribution in [0.2, 0.25) is 0 Å². The molecular weight excluding hydrogens is 420 g/mol. The first-order chi connectivity index (χ1) is 16.6. The van der Waals surface area contributed by atoms with Crippen LogP contribution in [0.1, 0.15) is 117 Å². The molecule has 0 heteroatoms. The van der Waals surface area contributed by atoms with E-state index in [1.54, 1.807) is 0 Å². The van der Waals surface area contributed by atoms with Gasteiger partial charge in [0.1, 0.15) is 0 Å². The SMILES string of the molecule is CC(C)c1ccccc1.CC1(C)CCCCC1.CC1(C)c2ccccc2-c2ccccc21.CCC. The van der Waals surface area contributed by atoms with Crippen molar-refractivity contribution in [3.8, 4) is 11.1 Å². The molecule has 0 N–H and O–H groups in total. The zero-order valence-electron chi connectivity index (χ0n) is 23.8.